The van der Waals surface area contributed by atoms with E-state index in [-0.39, 0.29) is 11.7 Å². The predicted molar refractivity (Wildman–Crippen MR) is 69.1 cm³/mol. The van der Waals surface area contributed by atoms with Gasteiger partial charge in [-0.1, -0.05) is 0 Å². The van der Waals surface area contributed by atoms with Crippen LogP contribution in [0.15, 0.2) is 24.3 Å². The van der Waals surface area contributed by atoms with E-state index in [4.69, 9.17) is 4.74 Å². The quantitative estimate of drug-likeness (QED) is 0.640. The van der Waals surface area contributed by atoms with Gasteiger partial charge >= 0.3 is 6.09 Å². The van der Waals surface area contributed by atoms with Crippen LogP contribution in [0.1, 0.15) is 12.8 Å². The third-order valence-electron chi connectivity index (χ3n) is 2.90. The average molecular weight is 265 g/mol. The number of nitro groups is 1. The van der Waals surface area contributed by atoms with Gasteiger partial charge in [-0.25, -0.2) is 4.79 Å². The third-order valence-corrected chi connectivity index (χ3v) is 2.90. The number of nitrogens with zero attached hydrogens (tertiary/aromatic N) is 1. The predicted octanol–water partition coefficient (Wildman–Crippen LogP) is 1.90. The van der Waals surface area contributed by atoms with Crippen LogP contribution in [0.25, 0.3) is 0 Å². The molecule has 7 nitrogen and oxygen atoms in total. The highest BCUT2D eigenvalue weighted by Gasteiger charge is 2.16. The maximum absolute atomic E-state index is 11.5. The molecule has 0 aromatic heterocycles. The first-order valence-corrected chi connectivity index (χ1v) is 6.07. The Balaban J connectivity index is 1.79. The molecule has 1 heterocycles. The summed E-state index contributed by atoms with van der Waals surface area (Å²) in [6, 6.07) is 5.81. The van der Waals surface area contributed by atoms with E-state index in [1.165, 1.54) is 24.3 Å². The molecule has 1 fully saturated rings. The van der Waals surface area contributed by atoms with E-state index in [9.17, 15) is 14.9 Å². The summed E-state index contributed by atoms with van der Waals surface area (Å²) in [7, 11) is 0. The summed E-state index contributed by atoms with van der Waals surface area (Å²) in [5.41, 5.74) is 0.448. The maximum atomic E-state index is 11.5. The number of nitro benzene ring substituents is 1. The van der Waals surface area contributed by atoms with E-state index in [0.717, 1.165) is 19.4 Å². The number of carbonyl (C=O) groups excluding carboxylic acids is 1. The van der Waals surface area contributed by atoms with Gasteiger partial charge in [-0.05, 0) is 31.5 Å². The molecule has 1 aliphatic heterocycles. The lowest BCUT2D eigenvalue weighted by molar-refractivity contribution is -0.384. The van der Waals surface area contributed by atoms with E-state index in [1.807, 2.05) is 0 Å². The van der Waals surface area contributed by atoms with Crippen molar-refractivity contribution in [2.75, 3.05) is 18.5 Å². The molecule has 1 aromatic rings. The summed E-state index contributed by atoms with van der Waals surface area (Å²) in [5.74, 6) is 0. The molecule has 1 aliphatic rings. The molecule has 7 heteroatoms. The van der Waals surface area contributed by atoms with E-state index >= 15 is 0 Å². The van der Waals surface area contributed by atoms with Crippen molar-refractivity contribution in [3.05, 3.63) is 34.4 Å². The van der Waals surface area contributed by atoms with Crippen molar-refractivity contribution < 1.29 is 14.5 Å². The number of anilines is 1. The topological polar surface area (TPSA) is 93.5 Å². The van der Waals surface area contributed by atoms with Gasteiger partial charge in [-0.3, -0.25) is 15.4 Å². The van der Waals surface area contributed by atoms with Gasteiger partial charge in [0.25, 0.3) is 5.69 Å². The number of hydrogen-bond donors (Lipinski definition) is 2. The number of non-ortho nitro benzene ring substituents is 1. The van der Waals surface area contributed by atoms with E-state index in [1.54, 1.807) is 0 Å². The zero-order valence-corrected chi connectivity index (χ0v) is 10.3. The summed E-state index contributed by atoms with van der Waals surface area (Å²) in [5, 5.41) is 16.2. The normalized spacial score (nSPS) is 18.0. The van der Waals surface area contributed by atoms with Gasteiger partial charge < -0.3 is 10.1 Å². The maximum Gasteiger partial charge on any atom is 0.411 e. The third kappa shape index (κ3) is 3.92. The Hall–Kier alpha value is -2.15. The fourth-order valence-corrected chi connectivity index (χ4v) is 1.90. The highest BCUT2D eigenvalue weighted by atomic mass is 16.6. The Labute approximate surface area is 110 Å². The van der Waals surface area contributed by atoms with Gasteiger partial charge in [0.05, 0.1) is 4.92 Å². The number of rotatable bonds is 4. The molecule has 19 heavy (non-hydrogen) atoms. The van der Waals surface area contributed by atoms with Crippen LogP contribution in [0.2, 0.25) is 0 Å². The summed E-state index contributed by atoms with van der Waals surface area (Å²) in [6.45, 7) is 1.29. The second-order valence-corrected chi connectivity index (χ2v) is 4.32. The first-order valence-electron chi connectivity index (χ1n) is 6.07. The van der Waals surface area contributed by atoms with Crippen LogP contribution in [0.4, 0.5) is 16.2 Å². The van der Waals surface area contributed by atoms with E-state index in [2.05, 4.69) is 10.6 Å². The number of ether oxygens (including phenoxy) is 1. The molecule has 1 aromatic carbocycles. The van der Waals surface area contributed by atoms with Gasteiger partial charge in [0.2, 0.25) is 0 Å². The first-order chi connectivity index (χ1) is 9.15. The fourth-order valence-electron chi connectivity index (χ4n) is 1.90. The zero-order chi connectivity index (χ0) is 13.7. The van der Waals surface area contributed by atoms with Crippen LogP contribution in [0.5, 0.6) is 0 Å². The van der Waals surface area contributed by atoms with Crippen LogP contribution >= 0.6 is 0 Å². The number of benzene rings is 1. The Bertz CT molecular complexity index is 455. The smallest absolute Gasteiger partial charge is 0.411 e. The summed E-state index contributed by atoms with van der Waals surface area (Å²) >= 11 is 0. The Morgan fingerprint density at radius 3 is 2.79 bits per heavy atom. The second kappa shape index (κ2) is 6.14. The molecule has 1 unspecified atom stereocenters. The molecular formula is C12H15N3O4. The molecule has 1 atom stereocenters. The molecule has 0 bridgehead atoms. The number of amides is 1. The standard InChI is InChI=1S/C12H15N3O4/c16-12(19-8-10-2-1-7-13-10)14-9-3-5-11(6-4-9)15(17)18/h3-6,10,13H,1-2,7-8H2,(H,14,16). The monoisotopic (exact) mass is 265 g/mol. The van der Waals surface area contributed by atoms with Gasteiger partial charge in [-0.2, -0.15) is 0 Å². The summed E-state index contributed by atoms with van der Waals surface area (Å²) < 4.78 is 5.06. The Morgan fingerprint density at radius 1 is 1.47 bits per heavy atom. The van der Waals surface area contributed by atoms with Gasteiger partial charge in [0.15, 0.2) is 0 Å². The number of hydrogen-bond acceptors (Lipinski definition) is 5. The molecule has 1 saturated heterocycles. The highest BCUT2D eigenvalue weighted by Crippen LogP contribution is 2.15. The molecular weight excluding hydrogens is 250 g/mol. The highest BCUT2D eigenvalue weighted by molar-refractivity contribution is 5.84. The minimum atomic E-state index is -0.553. The molecule has 2 N–H and O–H groups in total. The van der Waals surface area contributed by atoms with Crippen LogP contribution < -0.4 is 10.6 Å². The van der Waals surface area contributed by atoms with Crippen LogP contribution in [-0.2, 0) is 4.74 Å². The van der Waals surface area contributed by atoms with Gasteiger partial charge in [0.1, 0.15) is 6.61 Å². The first kappa shape index (κ1) is 13.3. The molecule has 0 aliphatic carbocycles. The molecule has 1 amide bonds. The van der Waals surface area contributed by atoms with Gasteiger partial charge in [0, 0.05) is 23.9 Å². The minimum absolute atomic E-state index is 0.0194. The summed E-state index contributed by atoms with van der Waals surface area (Å²) in [6.07, 6.45) is 1.55. The van der Waals surface area contributed by atoms with E-state index in [0.29, 0.717) is 12.3 Å². The van der Waals surface area contributed by atoms with Crippen molar-refractivity contribution in [3.63, 3.8) is 0 Å². The van der Waals surface area contributed by atoms with Crippen molar-refractivity contribution in [1.29, 1.82) is 0 Å². The second-order valence-electron chi connectivity index (χ2n) is 4.32. The minimum Gasteiger partial charge on any atom is -0.448 e. The van der Waals surface area contributed by atoms with Crippen molar-refractivity contribution in [1.82, 2.24) is 5.32 Å². The lowest BCUT2D eigenvalue weighted by Crippen LogP contribution is -2.29. The van der Waals surface area contributed by atoms with Crippen molar-refractivity contribution in [3.8, 4) is 0 Å². The number of nitrogens with one attached hydrogen (secondary N) is 2. The molecule has 2 rings (SSSR count). The molecule has 102 valence electrons. The number of carbonyl (C=O) groups is 1. The lowest BCUT2D eigenvalue weighted by atomic mass is 10.2. The Morgan fingerprint density at radius 2 is 2.21 bits per heavy atom. The molecule has 0 saturated carbocycles. The summed E-state index contributed by atoms with van der Waals surface area (Å²) in [4.78, 5) is 21.5. The Kier molecular flexibility index (Phi) is 4.30. The van der Waals surface area contributed by atoms with Crippen LogP contribution in [0, 0.1) is 10.1 Å². The van der Waals surface area contributed by atoms with Crippen molar-refractivity contribution in [2.24, 2.45) is 0 Å². The molecule has 0 spiro atoms. The zero-order valence-electron chi connectivity index (χ0n) is 10.3. The lowest BCUT2D eigenvalue weighted by Gasteiger charge is -2.11. The average Bonchev–Trinajstić information content (AvgIpc) is 2.90. The van der Waals surface area contributed by atoms with Crippen molar-refractivity contribution in [2.45, 2.75) is 18.9 Å². The molecule has 0 radical (unpaired) electrons. The fraction of sp³-hybridized carbons (Fsp3) is 0.417. The van der Waals surface area contributed by atoms with Gasteiger partial charge in [-0.15, -0.1) is 0 Å². The van der Waals surface area contributed by atoms with Crippen molar-refractivity contribution >= 4 is 17.5 Å². The van der Waals surface area contributed by atoms with E-state index < -0.39 is 11.0 Å². The van der Waals surface area contributed by atoms with Crippen LogP contribution in [-0.4, -0.2) is 30.2 Å². The SMILES string of the molecule is O=C(Nc1ccc([N+](=O)[O-])cc1)OCC1CCCN1. The van der Waals surface area contributed by atoms with Crippen LogP contribution in [0.3, 0.4) is 0 Å². The largest absolute Gasteiger partial charge is 0.448 e.